The van der Waals surface area contributed by atoms with Gasteiger partial charge in [-0.3, -0.25) is 9.59 Å². The first-order valence-electron chi connectivity index (χ1n) is 13.9. The zero-order valence-electron chi connectivity index (χ0n) is 22.5. The number of nitrogens with one attached hydrogen (secondary N) is 2. The van der Waals surface area contributed by atoms with E-state index in [1.54, 1.807) is 40.7 Å². The van der Waals surface area contributed by atoms with Crippen LogP contribution in [0, 0.1) is 5.92 Å². The van der Waals surface area contributed by atoms with Crippen LogP contribution in [0.1, 0.15) is 44.1 Å². The third kappa shape index (κ3) is 7.38. The number of piperazine rings is 1. The predicted molar refractivity (Wildman–Crippen MR) is 155 cm³/mol. The number of hydrogen-bond donors (Lipinski definition) is 2. The van der Waals surface area contributed by atoms with E-state index in [0.717, 1.165) is 31.2 Å². The average molecular weight is 562 g/mol. The molecule has 0 radical (unpaired) electrons. The van der Waals surface area contributed by atoms with Gasteiger partial charge in [-0.25, -0.2) is 9.78 Å². The molecule has 1 saturated carbocycles. The van der Waals surface area contributed by atoms with E-state index in [1.807, 2.05) is 30.3 Å². The maximum Gasteiger partial charge on any atom is 0.322 e. The van der Waals surface area contributed by atoms with E-state index in [0.29, 0.717) is 48.6 Å². The fraction of sp³-hybridized carbons (Fsp3) is 0.400. The largest absolute Gasteiger partial charge is 0.489 e. The maximum atomic E-state index is 13.3. The van der Waals surface area contributed by atoms with Crippen LogP contribution in [0.25, 0.3) is 0 Å². The quantitative estimate of drug-likeness (QED) is 0.365. The van der Waals surface area contributed by atoms with Gasteiger partial charge in [0.25, 0.3) is 0 Å². The lowest BCUT2D eigenvalue weighted by Gasteiger charge is -2.39. The third-order valence-corrected chi connectivity index (χ3v) is 8.21. The molecule has 1 aromatic heterocycles. The number of rotatable bonds is 9. The number of carbonyl (C=O) groups is 3. The Morgan fingerprint density at radius 1 is 1.00 bits per heavy atom. The molecule has 2 heterocycles. The van der Waals surface area contributed by atoms with Crippen molar-refractivity contribution in [2.75, 3.05) is 30.3 Å². The second-order valence-corrected chi connectivity index (χ2v) is 11.2. The standard InChI is InChI=1S/C30H35N5O4S/c36-27-20-34(30(38)32-24-11-13-25(14-12-24)39-21-23-9-5-2-6-10-23)16-17-35(27)26(19-22-7-3-1-4-8-22)28(37)33-29-31-15-18-40-29/h2,5-6,9-15,18,22,26H,1,3-4,7-8,16-17,19-21H2,(H,32,38)(H,31,33,37)/t26-/m0/s1. The molecular weight excluding hydrogens is 526 g/mol. The summed E-state index contributed by atoms with van der Waals surface area (Å²) >= 11 is 1.35. The second kappa shape index (κ2) is 13.4. The first-order valence-corrected chi connectivity index (χ1v) is 14.8. The topological polar surface area (TPSA) is 104 Å². The summed E-state index contributed by atoms with van der Waals surface area (Å²) in [6.45, 7) is 1.04. The van der Waals surface area contributed by atoms with Crippen LogP contribution in [0.3, 0.4) is 0 Å². The molecule has 5 rings (SSSR count). The minimum Gasteiger partial charge on any atom is -0.489 e. The summed E-state index contributed by atoms with van der Waals surface area (Å²) in [6, 6.07) is 16.1. The highest BCUT2D eigenvalue weighted by Gasteiger charge is 2.37. The van der Waals surface area contributed by atoms with Crippen molar-refractivity contribution < 1.29 is 19.1 Å². The SMILES string of the molecule is O=C(Nc1nccs1)[C@H](CC1CCCCC1)N1CCN(C(=O)Nc2ccc(OCc3ccccc3)cc2)CC1=O. The molecule has 1 aliphatic heterocycles. The van der Waals surface area contributed by atoms with Gasteiger partial charge in [0.05, 0.1) is 0 Å². The lowest BCUT2D eigenvalue weighted by molar-refractivity contribution is -0.142. The number of ether oxygens (including phenoxy) is 1. The maximum absolute atomic E-state index is 13.3. The van der Waals surface area contributed by atoms with E-state index >= 15 is 0 Å². The fourth-order valence-electron chi connectivity index (χ4n) is 5.36. The zero-order chi connectivity index (χ0) is 27.7. The predicted octanol–water partition coefficient (Wildman–Crippen LogP) is 5.38. The van der Waals surface area contributed by atoms with E-state index in [2.05, 4.69) is 15.6 Å². The molecule has 210 valence electrons. The summed E-state index contributed by atoms with van der Waals surface area (Å²) < 4.78 is 5.81. The Hall–Kier alpha value is -3.92. The molecule has 2 aliphatic rings. The third-order valence-electron chi connectivity index (χ3n) is 7.52. The van der Waals surface area contributed by atoms with E-state index in [-0.39, 0.29) is 24.4 Å². The second-order valence-electron chi connectivity index (χ2n) is 10.3. The molecule has 2 fully saturated rings. The van der Waals surface area contributed by atoms with Gasteiger partial charge in [0.15, 0.2) is 5.13 Å². The van der Waals surface area contributed by atoms with Gasteiger partial charge >= 0.3 is 6.03 Å². The summed E-state index contributed by atoms with van der Waals surface area (Å²) in [5.41, 5.74) is 1.69. The van der Waals surface area contributed by atoms with Crippen LogP contribution in [-0.4, -0.2) is 58.3 Å². The van der Waals surface area contributed by atoms with Crippen molar-refractivity contribution in [2.45, 2.75) is 51.2 Å². The number of hydrogen-bond acceptors (Lipinski definition) is 6. The number of anilines is 2. The van der Waals surface area contributed by atoms with Gasteiger partial charge in [-0.15, -0.1) is 11.3 Å². The summed E-state index contributed by atoms with van der Waals surface area (Å²) in [5.74, 6) is 0.683. The molecule has 1 aliphatic carbocycles. The van der Waals surface area contributed by atoms with Crippen LogP contribution in [0.5, 0.6) is 5.75 Å². The van der Waals surface area contributed by atoms with Crippen LogP contribution >= 0.6 is 11.3 Å². The Kier molecular flexibility index (Phi) is 9.28. The number of carbonyl (C=O) groups excluding carboxylic acids is 3. The number of benzene rings is 2. The molecule has 9 nitrogen and oxygen atoms in total. The molecule has 40 heavy (non-hydrogen) atoms. The van der Waals surface area contributed by atoms with Crippen LogP contribution < -0.4 is 15.4 Å². The Labute approximate surface area is 238 Å². The highest BCUT2D eigenvalue weighted by Crippen LogP contribution is 2.30. The van der Waals surface area contributed by atoms with Gasteiger partial charge < -0.3 is 25.2 Å². The van der Waals surface area contributed by atoms with Gasteiger partial charge in [0.1, 0.15) is 24.9 Å². The number of urea groups is 1. The van der Waals surface area contributed by atoms with Gasteiger partial charge in [-0.05, 0) is 42.2 Å². The molecular formula is C30H35N5O4S. The van der Waals surface area contributed by atoms with Gasteiger partial charge in [0, 0.05) is 30.4 Å². The van der Waals surface area contributed by atoms with E-state index in [1.165, 1.54) is 22.7 Å². The fourth-order valence-corrected chi connectivity index (χ4v) is 5.89. The molecule has 2 N–H and O–H groups in total. The molecule has 0 unspecified atom stereocenters. The van der Waals surface area contributed by atoms with Crippen molar-refractivity contribution in [1.82, 2.24) is 14.8 Å². The Morgan fingerprint density at radius 2 is 1.77 bits per heavy atom. The lowest BCUT2D eigenvalue weighted by Crippen LogP contribution is -2.59. The van der Waals surface area contributed by atoms with Gasteiger partial charge in [0.2, 0.25) is 11.8 Å². The first kappa shape index (κ1) is 27.6. The smallest absolute Gasteiger partial charge is 0.322 e. The van der Waals surface area contributed by atoms with Gasteiger partial charge in [-0.1, -0.05) is 62.4 Å². The summed E-state index contributed by atoms with van der Waals surface area (Å²) in [5, 5.41) is 8.09. The number of aromatic nitrogens is 1. The highest BCUT2D eigenvalue weighted by atomic mass is 32.1. The zero-order valence-corrected chi connectivity index (χ0v) is 23.3. The number of thiazole rings is 1. The summed E-state index contributed by atoms with van der Waals surface area (Å²) in [4.78, 5) is 46.9. The van der Waals surface area contributed by atoms with Crippen molar-refractivity contribution in [3.63, 3.8) is 0 Å². The van der Waals surface area contributed by atoms with Crippen LogP contribution in [0.2, 0.25) is 0 Å². The Morgan fingerprint density at radius 3 is 2.48 bits per heavy atom. The van der Waals surface area contributed by atoms with Crippen molar-refractivity contribution in [3.8, 4) is 5.75 Å². The summed E-state index contributed by atoms with van der Waals surface area (Å²) in [6.07, 6.45) is 7.98. The van der Waals surface area contributed by atoms with Gasteiger partial charge in [-0.2, -0.15) is 0 Å². The highest BCUT2D eigenvalue weighted by molar-refractivity contribution is 7.13. The minimum atomic E-state index is -0.576. The number of nitrogens with zero attached hydrogens (tertiary/aromatic N) is 3. The Balaban J connectivity index is 1.16. The molecule has 3 aromatic rings. The molecule has 2 aromatic carbocycles. The van der Waals surface area contributed by atoms with Crippen molar-refractivity contribution in [2.24, 2.45) is 5.92 Å². The van der Waals surface area contributed by atoms with Crippen LogP contribution in [-0.2, 0) is 16.2 Å². The lowest BCUT2D eigenvalue weighted by atomic mass is 9.84. The molecule has 1 atom stereocenters. The van der Waals surface area contributed by atoms with Crippen LogP contribution in [0.15, 0.2) is 66.2 Å². The molecule has 1 saturated heterocycles. The van der Waals surface area contributed by atoms with E-state index in [9.17, 15) is 14.4 Å². The summed E-state index contributed by atoms with van der Waals surface area (Å²) in [7, 11) is 0. The van der Waals surface area contributed by atoms with E-state index in [4.69, 9.17) is 4.74 Å². The number of amides is 4. The van der Waals surface area contributed by atoms with Crippen LogP contribution in [0.4, 0.5) is 15.6 Å². The monoisotopic (exact) mass is 561 g/mol. The minimum absolute atomic E-state index is 0.0736. The normalized spacial score (nSPS) is 16.9. The van der Waals surface area contributed by atoms with Crippen molar-refractivity contribution in [3.05, 3.63) is 71.7 Å². The Bertz CT molecular complexity index is 1260. The van der Waals surface area contributed by atoms with Crippen molar-refractivity contribution >= 4 is 40.0 Å². The van der Waals surface area contributed by atoms with E-state index < -0.39 is 6.04 Å². The molecule has 0 bridgehead atoms. The molecule has 0 spiro atoms. The first-order chi connectivity index (χ1) is 19.5. The molecule has 4 amide bonds. The molecule has 10 heteroatoms. The van der Waals surface area contributed by atoms with Crippen molar-refractivity contribution in [1.29, 1.82) is 0 Å². The average Bonchev–Trinajstić information content (AvgIpc) is 3.50.